The number of aryl methyl sites for hydroxylation is 1. The largest absolute Gasteiger partial charge is 0.243 e. The molecule has 0 fully saturated rings. The molecule has 0 aliphatic heterocycles. The Hall–Kier alpha value is -2.77. The Balaban J connectivity index is 1.99. The number of rotatable bonds is 2. The van der Waals surface area contributed by atoms with Crippen molar-refractivity contribution in [2.45, 2.75) is 11.8 Å². The number of hydrogen-bond donors (Lipinski definition) is 1. The summed E-state index contributed by atoms with van der Waals surface area (Å²) >= 11 is 0. The van der Waals surface area contributed by atoms with E-state index in [1.165, 1.54) is 4.52 Å². The van der Waals surface area contributed by atoms with Crippen LogP contribution in [0, 0.1) is 6.92 Å². The van der Waals surface area contributed by atoms with Gasteiger partial charge in [0.2, 0.25) is 10.0 Å². The molecule has 0 aliphatic rings. The van der Waals surface area contributed by atoms with Gasteiger partial charge < -0.3 is 0 Å². The summed E-state index contributed by atoms with van der Waals surface area (Å²) in [5, 5.41) is 11.7. The van der Waals surface area contributed by atoms with E-state index in [-0.39, 0.29) is 10.5 Å². The Kier molecular flexibility index (Phi) is 3.16. The number of hydrogen-bond acceptors (Lipinski definition) is 4. The minimum absolute atomic E-state index is 0.0352. The Morgan fingerprint density at radius 1 is 1.08 bits per heavy atom. The van der Waals surface area contributed by atoms with Crippen LogP contribution >= 0.6 is 0 Å². The Morgan fingerprint density at radius 3 is 2.62 bits per heavy atom. The zero-order valence-corrected chi connectivity index (χ0v) is 13.7. The molecule has 0 saturated carbocycles. The zero-order chi connectivity index (χ0) is 16.9. The summed E-state index contributed by atoms with van der Waals surface area (Å²) in [5.74, 6) is 0. The Bertz CT molecular complexity index is 1190. The van der Waals surface area contributed by atoms with Crippen LogP contribution in [0.1, 0.15) is 5.69 Å². The van der Waals surface area contributed by atoms with Crippen molar-refractivity contribution in [3.05, 3.63) is 60.6 Å². The fourth-order valence-electron chi connectivity index (χ4n) is 2.97. The van der Waals surface area contributed by atoms with Crippen LogP contribution in [0.15, 0.2) is 59.8 Å². The second kappa shape index (κ2) is 5.12. The lowest BCUT2D eigenvalue weighted by molar-refractivity contribution is 0.598. The molecule has 2 heterocycles. The second-order valence-electron chi connectivity index (χ2n) is 5.60. The minimum Gasteiger partial charge on any atom is -0.235 e. The van der Waals surface area contributed by atoms with Crippen molar-refractivity contribution >= 4 is 26.4 Å². The first kappa shape index (κ1) is 14.8. The van der Waals surface area contributed by atoms with Gasteiger partial charge in [0.1, 0.15) is 4.90 Å². The highest BCUT2D eigenvalue weighted by Gasteiger charge is 2.21. The number of benzene rings is 2. The normalized spacial score (nSPS) is 12.1. The molecule has 120 valence electrons. The molecule has 0 spiro atoms. The molecule has 7 heteroatoms. The van der Waals surface area contributed by atoms with E-state index >= 15 is 0 Å². The number of fused-ring (bicyclic) bond motifs is 2. The second-order valence-corrected chi connectivity index (χ2v) is 7.10. The lowest BCUT2D eigenvalue weighted by Crippen LogP contribution is -2.13. The Morgan fingerprint density at radius 2 is 1.83 bits per heavy atom. The molecular formula is C17H14N4O2S. The fraction of sp³-hybridized carbons (Fsp3) is 0.0588. The number of nitrogens with two attached hydrogens (primary N) is 1. The maximum absolute atomic E-state index is 11.7. The van der Waals surface area contributed by atoms with Gasteiger partial charge in [-0.25, -0.2) is 23.1 Å². The van der Waals surface area contributed by atoms with E-state index in [2.05, 4.69) is 10.1 Å². The van der Waals surface area contributed by atoms with Gasteiger partial charge in [-0.3, -0.25) is 0 Å². The van der Waals surface area contributed by atoms with Crippen molar-refractivity contribution in [2.24, 2.45) is 5.14 Å². The summed E-state index contributed by atoms with van der Waals surface area (Å²) in [4.78, 5) is 4.26. The molecule has 0 amide bonds. The molecule has 0 unspecified atom stereocenters. The summed E-state index contributed by atoms with van der Waals surface area (Å²) in [6.07, 6.45) is 3.42. The lowest BCUT2D eigenvalue weighted by Gasteiger charge is -2.07. The molecule has 2 aromatic carbocycles. The van der Waals surface area contributed by atoms with E-state index < -0.39 is 10.0 Å². The van der Waals surface area contributed by atoms with Crippen LogP contribution < -0.4 is 5.14 Å². The fourth-order valence-corrected chi connectivity index (χ4v) is 3.83. The summed E-state index contributed by atoms with van der Waals surface area (Å²) in [6.45, 7) is 1.60. The van der Waals surface area contributed by atoms with Crippen molar-refractivity contribution in [1.29, 1.82) is 0 Å². The highest BCUT2D eigenvalue weighted by molar-refractivity contribution is 7.89. The monoisotopic (exact) mass is 338 g/mol. The van der Waals surface area contributed by atoms with Crippen molar-refractivity contribution in [1.82, 2.24) is 14.6 Å². The van der Waals surface area contributed by atoms with Crippen LogP contribution in [0.25, 0.3) is 27.5 Å². The summed E-state index contributed by atoms with van der Waals surface area (Å²) in [5.41, 5.74) is 2.43. The van der Waals surface area contributed by atoms with Crippen molar-refractivity contribution < 1.29 is 8.42 Å². The van der Waals surface area contributed by atoms with Gasteiger partial charge in [0.25, 0.3) is 0 Å². The van der Waals surface area contributed by atoms with Crippen LogP contribution in [-0.4, -0.2) is 23.0 Å². The summed E-state index contributed by atoms with van der Waals surface area (Å²) in [6, 6.07) is 14.1. The molecule has 0 bridgehead atoms. The van der Waals surface area contributed by atoms with E-state index in [4.69, 9.17) is 5.14 Å². The first-order valence-corrected chi connectivity index (χ1v) is 8.86. The summed E-state index contributed by atoms with van der Waals surface area (Å²) in [7, 11) is -3.87. The van der Waals surface area contributed by atoms with Gasteiger partial charge in [-0.15, -0.1) is 0 Å². The molecular weight excluding hydrogens is 324 g/mol. The van der Waals surface area contributed by atoms with Crippen LogP contribution in [0.5, 0.6) is 0 Å². The third-order valence-corrected chi connectivity index (χ3v) is 5.03. The molecule has 0 radical (unpaired) electrons. The van der Waals surface area contributed by atoms with Gasteiger partial charge >= 0.3 is 0 Å². The SMILES string of the molecule is Cc1nn2cc(-c3cccc4ccccc34)cnc2c1S(N)(=O)=O. The van der Waals surface area contributed by atoms with Gasteiger partial charge in [-0.2, -0.15) is 5.10 Å². The average molecular weight is 338 g/mol. The van der Waals surface area contributed by atoms with Crippen molar-refractivity contribution in [3.8, 4) is 11.1 Å². The third kappa shape index (κ3) is 2.26. The Labute approximate surface area is 138 Å². The van der Waals surface area contributed by atoms with E-state index in [0.29, 0.717) is 5.69 Å². The first-order valence-electron chi connectivity index (χ1n) is 7.31. The first-order chi connectivity index (χ1) is 11.4. The molecule has 2 N–H and O–H groups in total. The number of aromatic nitrogens is 3. The average Bonchev–Trinajstić information content (AvgIpc) is 2.89. The highest BCUT2D eigenvalue weighted by Crippen LogP contribution is 2.29. The number of nitrogens with zero attached hydrogens (tertiary/aromatic N) is 3. The van der Waals surface area contributed by atoms with Crippen molar-refractivity contribution in [2.75, 3.05) is 0 Å². The van der Waals surface area contributed by atoms with Crippen LogP contribution in [0.4, 0.5) is 0 Å². The van der Waals surface area contributed by atoms with E-state index in [9.17, 15) is 8.42 Å². The van der Waals surface area contributed by atoms with Gasteiger partial charge in [0.15, 0.2) is 5.65 Å². The quantitative estimate of drug-likeness (QED) is 0.608. The standard InChI is InChI=1S/C17H14N4O2S/c1-11-16(24(18,22)23)17-19-9-13(10-21(17)20-11)15-8-4-6-12-5-2-3-7-14(12)15/h2-10H,1H3,(H2,18,22,23). The molecule has 4 aromatic rings. The predicted molar refractivity (Wildman–Crippen MR) is 92.0 cm³/mol. The van der Waals surface area contributed by atoms with Gasteiger partial charge in [-0.05, 0) is 23.3 Å². The molecule has 4 rings (SSSR count). The molecule has 0 saturated heterocycles. The molecule has 2 aromatic heterocycles. The lowest BCUT2D eigenvalue weighted by atomic mass is 10.0. The van der Waals surface area contributed by atoms with Crippen LogP contribution in [-0.2, 0) is 10.0 Å². The summed E-state index contributed by atoms with van der Waals surface area (Å²) < 4.78 is 25.0. The number of sulfonamides is 1. The molecule has 6 nitrogen and oxygen atoms in total. The predicted octanol–water partition coefficient (Wildman–Crippen LogP) is 2.51. The maximum atomic E-state index is 11.7. The van der Waals surface area contributed by atoms with Gasteiger partial charge in [0.05, 0.1) is 5.69 Å². The van der Waals surface area contributed by atoms with Crippen molar-refractivity contribution in [3.63, 3.8) is 0 Å². The van der Waals surface area contributed by atoms with Crippen LogP contribution in [0.3, 0.4) is 0 Å². The molecule has 0 atom stereocenters. The third-order valence-electron chi connectivity index (χ3n) is 3.98. The smallest absolute Gasteiger partial charge is 0.235 e. The van der Waals surface area contributed by atoms with Crippen LogP contribution in [0.2, 0.25) is 0 Å². The van der Waals surface area contributed by atoms with E-state index in [1.54, 1.807) is 19.3 Å². The van der Waals surface area contributed by atoms with E-state index in [1.807, 2.05) is 42.5 Å². The minimum atomic E-state index is -3.87. The maximum Gasteiger partial charge on any atom is 0.243 e. The van der Waals surface area contributed by atoms with E-state index in [0.717, 1.165) is 21.9 Å². The topological polar surface area (TPSA) is 90.3 Å². The number of primary sulfonamides is 1. The van der Waals surface area contributed by atoms with Gasteiger partial charge in [0, 0.05) is 18.0 Å². The van der Waals surface area contributed by atoms with Gasteiger partial charge in [-0.1, -0.05) is 42.5 Å². The zero-order valence-electron chi connectivity index (χ0n) is 12.8. The highest BCUT2D eigenvalue weighted by atomic mass is 32.2. The molecule has 24 heavy (non-hydrogen) atoms. The molecule has 0 aliphatic carbocycles.